The van der Waals surface area contributed by atoms with Gasteiger partial charge in [0.15, 0.2) is 0 Å². The van der Waals surface area contributed by atoms with Crippen LogP contribution in [-0.2, 0) is 13.2 Å². The molecule has 4 aromatic rings. The lowest BCUT2D eigenvalue weighted by atomic mass is 9.99. The Kier molecular flexibility index (Phi) is 6.38. The monoisotopic (exact) mass is 409 g/mol. The zero-order chi connectivity index (χ0) is 21.5. The number of nitrogens with zero attached hydrogens (tertiary/aromatic N) is 1. The van der Waals surface area contributed by atoms with E-state index in [9.17, 15) is 4.79 Å². The lowest BCUT2D eigenvalue weighted by molar-refractivity contribution is 0.112. The van der Waals surface area contributed by atoms with Crippen LogP contribution in [0.5, 0.6) is 11.8 Å². The molecule has 0 amide bonds. The van der Waals surface area contributed by atoms with Crippen molar-refractivity contribution in [2.24, 2.45) is 0 Å². The number of aromatic nitrogens is 1. The first-order chi connectivity index (χ1) is 15.2. The molecule has 0 spiro atoms. The molecule has 0 radical (unpaired) electrons. The van der Waals surface area contributed by atoms with Gasteiger partial charge in [-0.25, -0.2) is 0 Å². The van der Waals surface area contributed by atoms with E-state index in [2.05, 4.69) is 4.98 Å². The average Bonchev–Trinajstić information content (AvgIpc) is 2.83. The lowest BCUT2D eigenvalue weighted by Crippen LogP contribution is -2.03. The van der Waals surface area contributed by atoms with Crippen molar-refractivity contribution in [3.63, 3.8) is 0 Å². The van der Waals surface area contributed by atoms with Crippen molar-refractivity contribution in [2.45, 2.75) is 20.1 Å². The Balaban J connectivity index is 1.63. The number of aldehydes is 1. The Morgan fingerprint density at radius 3 is 1.97 bits per heavy atom. The molecule has 0 aliphatic heterocycles. The molecule has 0 aliphatic carbocycles. The van der Waals surface area contributed by atoms with Crippen molar-refractivity contribution in [1.82, 2.24) is 4.98 Å². The smallest absolute Gasteiger partial charge is 0.225 e. The van der Waals surface area contributed by atoms with Crippen molar-refractivity contribution >= 4 is 6.29 Å². The topological polar surface area (TPSA) is 48.4 Å². The molecule has 154 valence electrons. The molecule has 31 heavy (non-hydrogen) atoms. The highest BCUT2D eigenvalue weighted by atomic mass is 16.5. The van der Waals surface area contributed by atoms with Crippen LogP contribution in [0.3, 0.4) is 0 Å². The van der Waals surface area contributed by atoms with E-state index in [-0.39, 0.29) is 0 Å². The number of ether oxygens (including phenoxy) is 2. The first-order valence-electron chi connectivity index (χ1n) is 10.1. The molecule has 0 N–H and O–H groups in total. The first-order valence-corrected chi connectivity index (χ1v) is 10.1. The Morgan fingerprint density at radius 2 is 1.35 bits per heavy atom. The lowest BCUT2D eigenvalue weighted by Gasteiger charge is -2.15. The van der Waals surface area contributed by atoms with E-state index in [0.29, 0.717) is 30.5 Å². The van der Waals surface area contributed by atoms with Gasteiger partial charge < -0.3 is 9.47 Å². The molecule has 4 heteroatoms. The predicted molar refractivity (Wildman–Crippen MR) is 121 cm³/mol. The highest BCUT2D eigenvalue weighted by molar-refractivity contribution is 5.79. The normalized spacial score (nSPS) is 10.5. The summed E-state index contributed by atoms with van der Waals surface area (Å²) in [5.74, 6) is 0.995. The molecule has 0 atom stereocenters. The second-order valence-corrected chi connectivity index (χ2v) is 7.24. The summed E-state index contributed by atoms with van der Waals surface area (Å²) >= 11 is 0. The molecule has 0 aliphatic rings. The highest BCUT2D eigenvalue weighted by Gasteiger charge is 2.13. The summed E-state index contributed by atoms with van der Waals surface area (Å²) in [6, 6.07) is 29.3. The molecule has 1 heterocycles. The summed E-state index contributed by atoms with van der Waals surface area (Å²) in [6.45, 7) is 2.80. The molecule has 0 unspecified atom stereocenters. The zero-order valence-electron chi connectivity index (χ0n) is 17.3. The van der Waals surface area contributed by atoms with Gasteiger partial charge in [0.2, 0.25) is 11.8 Å². The third kappa shape index (κ3) is 5.17. The van der Waals surface area contributed by atoms with Crippen LogP contribution < -0.4 is 9.47 Å². The van der Waals surface area contributed by atoms with Gasteiger partial charge in [0, 0.05) is 17.2 Å². The van der Waals surface area contributed by atoms with Crippen molar-refractivity contribution in [3.8, 4) is 22.9 Å². The molecule has 3 aromatic carbocycles. The van der Waals surface area contributed by atoms with E-state index in [1.54, 1.807) is 6.07 Å². The minimum atomic E-state index is 0.397. The second-order valence-electron chi connectivity index (χ2n) is 7.24. The third-order valence-corrected chi connectivity index (χ3v) is 4.96. The molecule has 1 aromatic heterocycles. The number of aryl methyl sites for hydroxylation is 1. The van der Waals surface area contributed by atoms with Gasteiger partial charge in [0.1, 0.15) is 19.5 Å². The van der Waals surface area contributed by atoms with Crippen LogP contribution in [0.2, 0.25) is 0 Å². The van der Waals surface area contributed by atoms with Gasteiger partial charge in [-0.3, -0.25) is 4.79 Å². The Bertz CT molecular complexity index is 1160. The van der Waals surface area contributed by atoms with Crippen LogP contribution in [0.15, 0.2) is 91.0 Å². The van der Waals surface area contributed by atoms with E-state index in [1.165, 1.54) is 0 Å². The van der Waals surface area contributed by atoms with Crippen LogP contribution >= 0.6 is 0 Å². The van der Waals surface area contributed by atoms with Crippen LogP contribution in [0, 0.1) is 6.92 Å². The minimum absolute atomic E-state index is 0.397. The number of hydrogen-bond donors (Lipinski definition) is 0. The van der Waals surface area contributed by atoms with E-state index in [1.807, 2.05) is 91.9 Å². The molecular weight excluding hydrogens is 386 g/mol. The summed E-state index contributed by atoms with van der Waals surface area (Å²) < 4.78 is 12.0. The quantitative estimate of drug-likeness (QED) is 0.334. The maximum atomic E-state index is 11.1. The minimum Gasteiger partial charge on any atom is -0.473 e. The van der Waals surface area contributed by atoms with Gasteiger partial charge in [-0.05, 0) is 41.3 Å². The molecule has 0 saturated carbocycles. The number of pyridine rings is 1. The van der Waals surface area contributed by atoms with Crippen molar-refractivity contribution < 1.29 is 14.3 Å². The third-order valence-electron chi connectivity index (χ3n) is 4.96. The van der Waals surface area contributed by atoms with Gasteiger partial charge >= 0.3 is 0 Å². The largest absolute Gasteiger partial charge is 0.473 e. The van der Waals surface area contributed by atoms with E-state index >= 15 is 0 Å². The summed E-state index contributed by atoms with van der Waals surface area (Å²) in [4.78, 5) is 15.8. The summed E-state index contributed by atoms with van der Waals surface area (Å²) in [7, 11) is 0. The van der Waals surface area contributed by atoms with Crippen LogP contribution in [0.1, 0.15) is 27.0 Å². The zero-order valence-corrected chi connectivity index (χ0v) is 17.3. The number of benzene rings is 3. The number of hydrogen-bond acceptors (Lipinski definition) is 4. The van der Waals surface area contributed by atoms with Crippen molar-refractivity contribution in [3.05, 3.63) is 113 Å². The first kappa shape index (κ1) is 20.4. The number of rotatable bonds is 8. The summed E-state index contributed by atoms with van der Waals surface area (Å²) in [5.41, 5.74) is 5.57. The van der Waals surface area contributed by atoms with Crippen LogP contribution in [0.4, 0.5) is 0 Å². The molecule has 0 saturated heterocycles. The van der Waals surface area contributed by atoms with Crippen molar-refractivity contribution in [2.75, 3.05) is 0 Å². The number of carbonyl (C=O) groups excluding carboxylic acids is 1. The molecule has 0 bridgehead atoms. The molecule has 4 nitrogen and oxygen atoms in total. The van der Waals surface area contributed by atoms with Crippen LogP contribution in [0.25, 0.3) is 11.1 Å². The SMILES string of the molecule is Cc1cc(C=O)ccc1-c1ccc(OCc2ccccc2)nc1OCc1ccccc1. The van der Waals surface area contributed by atoms with Gasteiger partial charge in [-0.2, -0.15) is 4.98 Å². The molecular formula is C27H23NO3. The maximum absolute atomic E-state index is 11.1. The van der Waals surface area contributed by atoms with E-state index < -0.39 is 0 Å². The van der Waals surface area contributed by atoms with E-state index in [4.69, 9.17) is 9.47 Å². The Morgan fingerprint density at radius 1 is 0.742 bits per heavy atom. The Labute approximate surface area is 182 Å². The Hall–Kier alpha value is -3.92. The average molecular weight is 409 g/mol. The standard InChI is InChI=1S/C27H23NO3/c1-20-16-23(17-29)12-13-24(20)25-14-15-26(30-18-21-8-4-2-5-9-21)28-27(25)31-19-22-10-6-3-7-11-22/h2-17H,18-19H2,1H3. The number of carbonyl (C=O) groups is 1. The van der Waals surface area contributed by atoms with Gasteiger partial charge in [-0.15, -0.1) is 0 Å². The summed E-state index contributed by atoms with van der Waals surface area (Å²) in [6.07, 6.45) is 0.850. The van der Waals surface area contributed by atoms with Gasteiger partial charge in [0.05, 0.1) is 0 Å². The molecule has 4 rings (SSSR count). The second kappa shape index (κ2) is 9.72. The highest BCUT2D eigenvalue weighted by Crippen LogP contribution is 2.33. The predicted octanol–water partition coefficient (Wildman–Crippen LogP) is 6.03. The maximum Gasteiger partial charge on any atom is 0.225 e. The van der Waals surface area contributed by atoms with E-state index in [0.717, 1.165) is 34.1 Å². The molecule has 0 fully saturated rings. The van der Waals surface area contributed by atoms with Crippen molar-refractivity contribution in [1.29, 1.82) is 0 Å². The fourth-order valence-corrected chi connectivity index (χ4v) is 3.34. The van der Waals surface area contributed by atoms with Crippen LogP contribution in [-0.4, -0.2) is 11.3 Å². The summed E-state index contributed by atoms with van der Waals surface area (Å²) in [5, 5.41) is 0. The van der Waals surface area contributed by atoms with Gasteiger partial charge in [-0.1, -0.05) is 72.8 Å². The fraction of sp³-hybridized carbons (Fsp3) is 0.111. The fourth-order valence-electron chi connectivity index (χ4n) is 3.34. The van der Waals surface area contributed by atoms with Gasteiger partial charge in [0.25, 0.3) is 0 Å².